The van der Waals surface area contributed by atoms with Crippen LogP contribution in [0.2, 0.25) is 0 Å². The standard InChI is InChI=1S/C23H21F4NO2/c24-18-6-9-21(23(25,26)27)17(13-18)10-16-11-19-7-8-20(12-16)28(19)22(29)30-14-15-4-2-1-3-5-15/h1-6,9,11,13,19-20H,7-8,10,12,14H2. The third-order valence-electron chi connectivity index (χ3n) is 5.68. The first-order valence-corrected chi connectivity index (χ1v) is 9.85. The molecule has 2 aliphatic heterocycles. The molecule has 0 radical (unpaired) electrons. The highest BCUT2D eigenvalue weighted by Gasteiger charge is 2.41. The smallest absolute Gasteiger partial charge is 0.416 e. The molecule has 1 saturated heterocycles. The molecule has 3 nitrogen and oxygen atoms in total. The summed E-state index contributed by atoms with van der Waals surface area (Å²) in [7, 11) is 0. The number of hydrogen-bond acceptors (Lipinski definition) is 2. The zero-order chi connectivity index (χ0) is 21.3. The summed E-state index contributed by atoms with van der Waals surface area (Å²) in [5, 5.41) is 0. The van der Waals surface area contributed by atoms with Crippen LogP contribution >= 0.6 is 0 Å². The highest BCUT2D eigenvalue weighted by molar-refractivity contribution is 5.70. The minimum absolute atomic E-state index is 0.0203. The topological polar surface area (TPSA) is 29.5 Å². The molecule has 0 aliphatic carbocycles. The van der Waals surface area contributed by atoms with Crippen LogP contribution in [0, 0.1) is 5.82 Å². The fourth-order valence-electron chi connectivity index (χ4n) is 4.36. The monoisotopic (exact) mass is 419 g/mol. The van der Waals surface area contributed by atoms with E-state index in [2.05, 4.69) is 0 Å². The van der Waals surface area contributed by atoms with Crippen LogP contribution in [0.25, 0.3) is 0 Å². The van der Waals surface area contributed by atoms with Gasteiger partial charge in [0.25, 0.3) is 0 Å². The minimum atomic E-state index is -4.54. The quantitative estimate of drug-likeness (QED) is 0.457. The molecule has 7 heteroatoms. The van der Waals surface area contributed by atoms with E-state index >= 15 is 0 Å². The molecule has 2 unspecified atom stereocenters. The first-order valence-electron chi connectivity index (χ1n) is 9.85. The molecule has 2 heterocycles. The van der Waals surface area contributed by atoms with Crippen LogP contribution in [-0.2, 0) is 23.9 Å². The van der Waals surface area contributed by atoms with Gasteiger partial charge in [-0.05, 0) is 55.0 Å². The Kier molecular flexibility index (Phi) is 5.54. The number of ether oxygens (including phenoxy) is 1. The first kappa shape index (κ1) is 20.4. The SMILES string of the molecule is O=C(OCc1ccccc1)N1C2C=C(Cc3cc(F)ccc3C(F)(F)F)CC1CC2. The van der Waals surface area contributed by atoms with Crippen LogP contribution in [-0.4, -0.2) is 23.1 Å². The Labute approximate surface area is 171 Å². The fourth-order valence-corrected chi connectivity index (χ4v) is 4.36. The number of nitrogens with zero attached hydrogens (tertiary/aromatic N) is 1. The molecule has 0 aromatic heterocycles. The van der Waals surface area contributed by atoms with Gasteiger partial charge >= 0.3 is 12.3 Å². The summed E-state index contributed by atoms with van der Waals surface area (Å²) in [5.41, 5.74) is 0.790. The Morgan fingerprint density at radius 1 is 1.10 bits per heavy atom. The molecule has 2 bridgehead atoms. The van der Waals surface area contributed by atoms with Gasteiger partial charge in [-0.3, -0.25) is 4.90 Å². The van der Waals surface area contributed by atoms with Crippen LogP contribution in [0.5, 0.6) is 0 Å². The summed E-state index contributed by atoms with van der Waals surface area (Å²) in [5.74, 6) is -0.691. The fraction of sp³-hybridized carbons (Fsp3) is 0.348. The van der Waals surface area contributed by atoms with Gasteiger partial charge < -0.3 is 4.74 Å². The highest BCUT2D eigenvalue weighted by atomic mass is 19.4. The summed E-state index contributed by atoms with van der Waals surface area (Å²) in [6.07, 6.45) is -1.12. The number of benzene rings is 2. The molecule has 1 amide bonds. The normalized spacial score (nSPS) is 20.8. The third kappa shape index (κ3) is 4.35. The minimum Gasteiger partial charge on any atom is -0.445 e. The van der Waals surface area contributed by atoms with Crippen molar-refractivity contribution in [3.8, 4) is 0 Å². The average molecular weight is 419 g/mol. The molecular formula is C23H21F4NO2. The summed E-state index contributed by atoms with van der Waals surface area (Å²) in [6, 6.07) is 11.6. The Hall–Kier alpha value is -2.83. The second kappa shape index (κ2) is 8.13. The van der Waals surface area contributed by atoms with Crippen molar-refractivity contribution in [2.24, 2.45) is 0 Å². The Morgan fingerprint density at radius 2 is 1.87 bits per heavy atom. The Balaban J connectivity index is 1.47. The van der Waals surface area contributed by atoms with Gasteiger partial charge in [0, 0.05) is 6.04 Å². The van der Waals surface area contributed by atoms with Crippen molar-refractivity contribution in [2.75, 3.05) is 0 Å². The molecular weight excluding hydrogens is 398 g/mol. The van der Waals surface area contributed by atoms with Crippen molar-refractivity contribution >= 4 is 6.09 Å². The van der Waals surface area contributed by atoms with E-state index in [1.54, 1.807) is 4.90 Å². The van der Waals surface area contributed by atoms with E-state index in [0.29, 0.717) is 6.42 Å². The van der Waals surface area contributed by atoms with E-state index in [9.17, 15) is 22.4 Å². The number of carbonyl (C=O) groups is 1. The Morgan fingerprint density at radius 3 is 2.57 bits per heavy atom. The lowest BCUT2D eigenvalue weighted by atomic mass is 9.93. The predicted octanol–water partition coefficient (Wildman–Crippen LogP) is 5.89. The van der Waals surface area contributed by atoms with E-state index in [1.165, 1.54) is 0 Å². The van der Waals surface area contributed by atoms with Gasteiger partial charge in [0.2, 0.25) is 0 Å². The number of rotatable bonds is 4. The van der Waals surface area contributed by atoms with E-state index in [4.69, 9.17) is 4.74 Å². The average Bonchev–Trinajstić information content (AvgIpc) is 2.97. The van der Waals surface area contributed by atoms with Gasteiger partial charge in [-0.2, -0.15) is 13.2 Å². The highest BCUT2D eigenvalue weighted by Crippen LogP contribution is 2.39. The van der Waals surface area contributed by atoms with Gasteiger partial charge in [-0.15, -0.1) is 0 Å². The number of hydrogen-bond donors (Lipinski definition) is 0. The zero-order valence-electron chi connectivity index (χ0n) is 16.2. The molecule has 1 fully saturated rings. The van der Waals surface area contributed by atoms with E-state index in [-0.39, 0.29) is 30.7 Å². The maximum absolute atomic E-state index is 13.6. The summed E-state index contributed by atoms with van der Waals surface area (Å²) >= 11 is 0. The maximum Gasteiger partial charge on any atom is 0.416 e. The van der Waals surface area contributed by atoms with Crippen LogP contribution in [0.3, 0.4) is 0 Å². The molecule has 2 atom stereocenters. The van der Waals surface area contributed by atoms with Gasteiger partial charge in [-0.1, -0.05) is 42.0 Å². The molecule has 2 aromatic carbocycles. The summed E-state index contributed by atoms with van der Waals surface area (Å²) in [6.45, 7) is 0.171. The number of halogens is 4. The number of amides is 1. The molecule has 4 rings (SSSR count). The second-order valence-corrected chi connectivity index (χ2v) is 7.75. The van der Waals surface area contributed by atoms with Crippen molar-refractivity contribution in [3.05, 3.63) is 82.7 Å². The first-order chi connectivity index (χ1) is 14.3. The van der Waals surface area contributed by atoms with E-state index in [0.717, 1.165) is 42.2 Å². The Bertz CT molecular complexity index is 955. The van der Waals surface area contributed by atoms with Gasteiger partial charge in [0.15, 0.2) is 0 Å². The second-order valence-electron chi connectivity index (χ2n) is 7.75. The lowest BCUT2D eigenvalue weighted by molar-refractivity contribution is -0.138. The molecule has 0 N–H and O–H groups in total. The molecule has 0 saturated carbocycles. The van der Waals surface area contributed by atoms with Crippen molar-refractivity contribution < 1.29 is 27.1 Å². The lowest BCUT2D eigenvalue weighted by Crippen LogP contribution is -2.43. The number of alkyl halides is 3. The van der Waals surface area contributed by atoms with Gasteiger partial charge in [0.1, 0.15) is 12.4 Å². The lowest BCUT2D eigenvalue weighted by Gasteiger charge is -2.33. The van der Waals surface area contributed by atoms with E-state index < -0.39 is 23.7 Å². The van der Waals surface area contributed by atoms with Crippen LogP contribution in [0.15, 0.2) is 60.2 Å². The van der Waals surface area contributed by atoms with Crippen LogP contribution in [0.1, 0.15) is 36.0 Å². The number of fused-ring (bicyclic) bond motifs is 2. The van der Waals surface area contributed by atoms with E-state index in [1.807, 2.05) is 36.4 Å². The largest absolute Gasteiger partial charge is 0.445 e. The van der Waals surface area contributed by atoms with Crippen LogP contribution in [0.4, 0.5) is 22.4 Å². The zero-order valence-corrected chi connectivity index (χ0v) is 16.2. The summed E-state index contributed by atoms with van der Waals surface area (Å²) in [4.78, 5) is 14.3. The molecule has 2 aromatic rings. The number of carbonyl (C=O) groups excluding carboxylic acids is 1. The molecule has 30 heavy (non-hydrogen) atoms. The van der Waals surface area contributed by atoms with Gasteiger partial charge in [0.05, 0.1) is 11.6 Å². The predicted molar refractivity (Wildman–Crippen MR) is 103 cm³/mol. The van der Waals surface area contributed by atoms with Crippen LogP contribution < -0.4 is 0 Å². The summed E-state index contributed by atoms with van der Waals surface area (Å²) < 4.78 is 58.9. The van der Waals surface area contributed by atoms with Crippen molar-refractivity contribution in [1.82, 2.24) is 4.90 Å². The van der Waals surface area contributed by atoms with Crippen molar-refractivity contribution in [2.45, 2.75) is 50.6 Å². The van der Waals surface area contributed by atoms with Gasteiger partial charge in [-0.25, -0.2) is 9.18 Å². The molecule has 158 valence electrons. The maximum atomic E-state index is 13.6. The molecule has 2 aliphatic rings. The van der Waals surface area contributed by atoms with Crippen molar-refractivity contribution in [3.63, 3.8) is 0 Å². The van der Waals surface area contributed by atoms with Crippen molar-refractivity contribution in [1.29, 1.82) is 0 Å². The third-order valence-corrected chi connectivity index (χ3v) is 5.68. The molecule has 0 spiro atoms.